The van der Waals surface area contributed by atoms with Gasteiger partial charge in [0, 0.05) is 6.20 Å². The summed E-state index contributed by atoms with van der Waals surface area (Å²) >= 11 is 5.58. The summed E-state index contributed by atoms with van der Waals surface area (Å²) in [5.74, 6) is 1.12. The lowest BCUT2D eigenvalue weighted by molar-refractivity contribution is 0.391. The van der Waals surface area contributed by atoms with E-state index in [0.717, 1.165) is 16.8 Å². The van der Waals surface area contributed by atoms with Crippen molar-refractivity contribution in [3.8, 4) is 11.5 Å². The Morgan fingerprint density at radius 2 is 2.20 bits per heavy atom. The molecule has 2 aromatic rings. The maximum absolute atomic E-state index is 5.58. The number of nitrogens with zero attached hydrogens (tertiary/aromatic N) is 3. The molecule has 0 fully saturated rings. The highest BCUT2D eigenvalue weighted by molar-refractivity contribution is 6.16. The number of hydrogen-bond acceptors (Lipinski definition) is 4. The topological polar surface area (TPSA) is 51.8 Å². The van der Waals surface area contributed by atoms with Gasteiger partial charge in [0.25, 0.3) is 0 Å². The molecule has 0 aromatic carbocycles. The molecule has 0 unspecified atom stereocenters. The fourth-order valence-corrected chi connectivity index (χ4v) is 1.46. The van der Waals surface area contributed by atoms with Gasteiger partial charge in [-0.2, -0.15) is 4.98 Å². The van der Waals surface area contributed by atoms with E-state index in [1.807, 2.05) is 19.9 Å². The molecule has 0 amide bonds. The lowest BCUT2D eigenvalue weighted by atomic mass is 10.1. The average molecular weight is 224 g/mol. The van der Waals surface area contributed by atoms with Crippen molar-refractivity contribution in [1.29, 1.82) is 0 Å². The molecule has 2 rings (SSSR count). The van der Waals surface area contributed by atoms with Crippen LogP contribution in [0.1, 0.15) is 17.0 Å². The van der Waals surface area contributed by atoms with Gasteiger partial charge in [-0.25, -0.2) is 0 Å². The number of pyridine rings is 1. The fraction of sp³-hybridized carbons (Fsp3) is 0.300. The van der Waals surface area contributed by atoms with Gasteiger partial charge in [0.05, 0.1) is 0 Å². The van der Waals surface area contributed by atoms with Crippen LogP contribution >= 0.6 is 11.6 Å². The second-order valence-electron chi connectivity index (χ2n) is 3.32. The van der Waals surface area contributed by atoms with Gasteiger partial charge in [-0.15, -0.1) is 11.6 Å². The van der Waals surface area contributed by atoms with Crippen LogP contribution in [-0.4, -0.2) is 15.1 Å². The summed E-state index contributed by atoms with van der Waals surface area (Å²) in [5, 5.41) is 3.81. The molecule has 0 aliphatic carbocycles. The first-order valence-corrected chi connectivity index (χ1v) is 5.06. The highest BCUT2D eigenvalue weighted by atomic mass is 35.5. The first-order chi connectivity index (χ1) is 7.20. The smallest absolute Gasteiger partial charge is 0.241 e. The first-order valence-electron chi connectivity index (χ1n) is 4.53. The Kier molecular flexibility index (Phi) is 2.68. The minimum Gasteiger partial charge on any atom is -0.338 e. The van der Waals surface area contributed by atoms with E-state index in [2.05, 4.69) is 15.1 Å². The fourth-order valence-electron chi connectivity index (χ4n) is 1.35. The standard InChI is InChI=1S/C10H10ClN3O/c1-6-3-7(2)9(12-5-6)10-13-8(4-11)15-14-10/h3,5H,4H2,1-2H3. The van der Waals surface area contributed by atoms with Gasteiger partial charge >= 0.3 is 0 Å². The molecule has 0 atom stereocenters. The number of rotatable bonds is 2. The zero-order valence-electron chi connectivity index (χ0n) is 8.49. The number of alkyl halides is 1. The molecule has 0 saturated heterocycles. The normalized spacial score (nSPS) is 10.6. The molecule has 0 aliphatic rings. The Morgan fingerprint density at radius 3 is 2.80 bits per heavy atom. The molecule has 2 aromatic heterocycles. The zero-order chi connectivity index (χ0) is 10.8. The highest BCUT2D eigenvalue weighted by Gasteiger charge is 2.11. The molecule has 0 radical (unpaired) electrons. The summed E-state index contributed by atoms with van der Waals surface area (Å²) in [4.78, 5) is 8.38. The highest BCUT2D eigenvalue weighted by Crippen LogP contribution is 2.18. The monoisotopic (exact) mass is 223 g/mol. The summed E-state index contributed by atoms with van der Waals surface area (Å²) in [6.45, 7) is 3.95. The summed E-state index contributed by atoms with van der Waals surface area (Å²) in [5.41, 5.74) is 2.87. The van der Waals surface area contributed by atoms with Crippen LogP contribution in [0, 0.1) is 13.8 Å². The molecule has 5 heteroatoms. The zero-order valence-corrected chi connectivity index (χ0v) is 9.25. The lowest BCUT2D eigenvalue weighted by Gasteiger charge is -2.00. The summed E-state index contributed by atoms with van der Waals surface area (Å²) in [6, 6.07) is 2.03. The molecule has 0 bridgehead atoms. The van der Waals surface area contributed by atoms with E-state index in [4.69, 9.17) is 16.1 Å². The minimum absolute atomic E-state index is 0.220. The van der Waals surface area contributed by atoms with E-state index < -0.39 is 0 Å². The van der Waals surface area contributed by atoms with E-state index in [-0.39, 0.29) is 5.88 Å². The van der Waals surface area contributed by atoms with E-state index in [1.54, 1.807) is 6.20 Å². The summed E-state index contributed by atoms with van der Waals surface area (Å²) < 4.78 is 4.92. The van der Waals surface area contributed by atoms with Crippen molar-refractivity contribution in [2.75, 3.05) is 0 Å². The molecular weight excluding hydrogens is 214 g/mol. The van der Waals surface area contributed by atoms with Crippen LogP contribution in [0.2, 0.25) is 0 Å². The number of aryl methyl sites for hydroxylation is 2. The number of aromatic nitrogens is 3. The van der Waals surface area contributed by atoms with Crippen LogP contribution in [0.3, 0.4) is 0 Å². The van der Waals surface area contributed by atoms with Crippen molar-refractivity contribution >= 4 is 11.6 Å². The predicted octanol–water partition coefficient (Wildman–Crippen LogP) is 2.49. The summed E-state index contributed by atoms with van der Waals surface area (Å²) in [6.07, 6.45) is 1.78. The molecule has 0 saturated carbocycles. The molecular formula is C10H10ClN3O. The molecule has 78 valence electrons. The molecule has 4 nitrogen and oxygen atoms in total. The van der Waals surface area contributed by atoms with Crippen molar-refractivity contribution in [1.82, 2.24) is 15.1 Å². The van der Waals surface area contributed by atoms with Gasteiger partial charge in [-0.3, -0.25) is 4.98 Å². The Bertz CT molecular complexity index is 481. The van der Waals surface area contributed by atoms with Gasteiger partial charge in [-0.1, -0.05) is 11.2 Å². The van der Waals surface area contributed by atoms with Crippen LogP contribution < -0.4 is 0 Å². The number of halogens is 1. The predicted molar refractivity (Wildman–Crippen MR) is 56.6 cm³/mol. The molecule has 0 N–H and O–H groups in total. The van der Waals surface area contributed by atoms with Crippen LogP contribution in [0.4, 0.5) is 0 Å². The van der Waals surface area contributed by atoms with E-state index in [1.165, 1.54) is 0 Å². The maximum Gasteiger partial charge on any atom is 0.241 e. The van der Waals surface area contributed by atoms with E-state index >= 15 is 0 Å². The van der Waals surface area contributed by atoms with Crippen molar-refractivity contribution < 1.29 is 4.52 Å². The van der Waals surface area contributed by atoms with Gasteiger partial charge < -0.3 is 4.52 Å². The first kappa shape index (κ1) is 10.1. The van der Waals surface area contributed by atoms with Crippen LogP contribution in [0.5, 0.6) is 0 Å². The third kappa shape index (κ3) is 1.99. The average Bonchev–Trinajstić information content (AvgIpc) is 2.66. The Hall–Kier alpha value is -1.42. The van der Waals surface area contributed by atoms with Crippen molar-refractivity contribution in [2.24, 2.45) is 0 Å². The molecule has 0 aliphatic heterocycles. The Balaban J connectivity index is 2.44. The third-order valence-corrected chi connectivity index (χ3v) is 2.24. The molecule has 15 heavy (non-hydrogen) atoms. The van der Waals surface area contributed by atoms with Crippen LogP contribution in [-0.2, 0) is 5.88 Å². The van der Waals surface area contributed by atoms with Crippen LogP contribution in [0.15, 0.2) is 16.8 Å². The largest absolute Gasteiger partial charge is 0.338 e. The van der Waals surface area contributed by atoms with Gasteiger partial charge in [0.15, 0.2) is 0 Å². The quantitative estimate of drug-likeness (QED) is 0.734. The summed E-state index contributed by atoms with van der Waals surface area (Å²) in [7, 11) is 0. The minimum atomic E-state index is 0.220. The molecule has 2 heterocycles. The SMILES string of the molecule is Cc1cnc(-c2noc(CCl)n2)c(C)c1. The van der Waals surface area contributed by atoms with Crippen molar-refractivity contribution in [3.05, 3.63) is 29.3 Å². The second-order valence-corrected chi connectivity index (χ2v) is 3.59. The Morgan fingerprint density at radius 1 is 1.40 bits per heavy atom. The van der Waals surface area contributed by atoms with E-state index in [0.29, 0.717) is 11.7 Å². The maximum atomic E-state index is 5.58. The second kappa shape index (κ2) is 3.98. The molecule has 0 spiro atoms. The van der Waals surface area contributed by atoms with Crippen molar-refractivity contribution in [3.63, 3.8) is 0 Å². The van der Waals surface area contributed by atoms with Crippen molar-refractivity contribution in [2.45, 2.75) is 19.7 Å². The van der Waals surface area contributed by atoms with E-state index in [9.17, 15) is 0 Å². The number of hydrogen-bond donors (Lipinski definition) is 0. The lowest BCUT2D eigenvalue weighted by Crippen LogP contribution is -1.91. The Labute approximate surface area is 92.3 Å². The third-order valence-electron chi connectivity index (χ3n) is 2.01. The van der Waals surface area contributed by atoms with Gasteiger partial charge in [0.2, 0.25) is 11.7 Å². The van der Waals surface area contributed by atoms with Crippen LogP contribution in [0.25, 0.3) is 11.5 Å². The van der Waals surface area contributed by atoms with Gasteiger partial charge in [0.1, 0.15) is 11.6 Å². The van der Waals surface area contributed by atoms with Gasteiger partial charge in [-0.05, 0) is 25.0 Å².